The first kappa shape index (κ1) is 18.4. The molecule has 23 heavy (non-hydrogen) atoms. The molecule has 1 aromatic carbocycles. The Morgan fingerprint density at radius 3 is 2.96 bits per heavy atom. The Morgan fingerprint density at radius 2 is 2.26 bits per heavy atom. The standard InChI is InChI=1S/C15H17ClFN3OS.ClH/c1-20-11(8-22-15(20)18-10-3-4-10)7-14(21)19-13-6-9(16)2-5-12(13)17;/h2,5-6,10-11H,3-4,7-8H2,1H3,(H,19,21);1H/b18-15-;. The Morgan fingerprint density at radius 1 is 1.52 bits per heavy atom. The number of rotatable bonds is 4. The molecule has 0 spiro atoms. The molecule has 1 saturated heterocycles. The molecule has 1 aromatic rings. The van der Waals surface area contributed by atoms with Gasteiger partial charge in [0.2, 0.25) is 5.91 Å². The number of carbonyl (C=O) groups excluding carboxylic acids is 1. The molecule has 1 aliphatic heterocycles. The Bertz CT molecular complexity index is 625. The van der Waals surface area contributed by atoms with Crippen LogP contribution in [0.2, 0.25) is 5.02 Å². The lowest BCUT2D eigenvalue weighted by atomic mass is 10.2. The highest BCUT2D eigenvalue weighted by Crippen LogP contribution is 2.30. The van der Waals surface area contributed by atoms with Gasteiger partial charge in [0.05, 0.1) is 11.7 Å². The van der Waals surface area contributed by atoms with E-state index >= 15 is 0 Å². The van der Waals surface area contributed by atoms with E-state index in [1.165, 1.54) is 18.2 Å². The summed E-state index contributed by atoms with van der Waals surface area (Å²) in [7, 11) is 1.96. The zero-order valence-corrected chi connectivity index (χ0v) is 15.0. The maximum atomic E-state index is 13.6. The topological polar surface area (TPSA) is 44.7 Å². The van der Waals surface area contributed by atoms with Crippen LogP contribution in [0.4, 0.5) is 10.1 Å². The van der Waals surface area contributed by atoms with Crippen molar-refractivity contribution in [3.63, 3.8) is 0 Å². The molecule has 1 unspecified atom stereocenters. The van der Waals surface area contributed by atoms with Crippen LogP contribution in [0.25, 0.3) is 0 Å². The van der Waals surface area contributed by atoms with Gasteiger partial charge in [0.25, 0.3) is 0 Å². The third kappa shape index (κ3) is 4.75. The highest BCUT2D eigenvalue weighted by atomic mass is 35.5. The SMILES string of the molecule is CN1/C(=N/C2CC2)SCC1CC(=O)Nc1cc(Cl)ccc1F.Cl. The highest BCUT2D eigenvalue weighted by Gasteiger charge is 2.31. The van der Waals surface area contributed by atoms with Crippen LogP contribution in [0.15, 0.2) is 23.2 Å². The lowest BCUT2D eigenvalue weighted by molar-refractivity contribution is -0.116. The monoisotopic (exact) mass is 377 g/mol. The molecule has 0 radical (unpaired) electrons. The summed E-state index contributed by atoms with van der Waals surface area (Å²) >= 11 is 7.50. The number of hydrogen-bond donors (Lipinski definition) is 1. The molecule has 8 heteroatoms. The third-order valence-corrected chi connectivity index (χ3v) is 5.16. The summed E-state index contributed by atoms with van der Waals surface area (Å²) in [5, 5.41) is 3.99. The molecule has 4 nitrogen and oxygen atoms in total. The summed E-state index contributed by atoms with van der Waals surface area (Å²) in [5.74, 6) is 0.127. The van der Waals surface area contributed by atoms with Crippen LogP contribution in [0.5, 0.6) is 0 Å². The van der Waals surface area contributed by atoms with Gasteiger partial charge < -0.3 is 10.2 Å². The quantitative estimate of drug-likeness (QED) is 0.867. The third-order valence-electron chi connectivity index (χ3n) is 3.72. The van der Waals surface area contributed by atoms with E-state index < -0.39 is 5.82 Å². The van der Waals surface area contributed by atoms with E-state index in [0.29, 0.717) is 17.5 Å². The van der Waals surface area contributed by atoms with Crippen LogP contribution in [0, 0.1) is 5.82 Å². The first-order chi connectivity index (χ1) is 10.5. The van der Waals surface area contributed by atoms with E-state index in [2.05, 4.69) is 15.2 Å². The molecular formula is C15H18Cl2FN3OS. The second-order valence-corrected chi connectivity index (χ2v) is 7.02. The molecule has 1 atom stereocenters. The summed E-state index contributed by atoms with van der Waals surface area (Å²) in [4.78, 5) is 18.8. The summed E-state index contributed by atoms with van der Waals surface area (Å²) < 4.78 is 13.6. The molecule has 1 aliphatic carbocycles. The number of nitrogens with zero attached hydrogens (tertiary/aromatic N) is 2. The van der Waals surface area contributed by atoms with E-state index in [-0.39, 0.29) is 30.0 Å². The number of benzene rings is 1. The Kier molecular flexibility index (Phi) is 6.17. The maximum Gasteiger partial charge on any atom is 0.226 e. The van der Waals surface area contributed by atoms with Crippen molar-refractivity contribution in [1.82, 2.24) is 4.90 Å². The number of thioether (sulfide) groups is 1. The van der Waals surface area contributed by atoms with Gasteiger partial charge in [-0.15, -0.1) is 12.4 Å². The molecule has 0 aromatic heterocycles. The minimum absolute atomic E-state index is 0. The summed E-state index contributed by atoms with van der Waals surface area (Å²) in [6, 6.07) is 4.68. The molecule has 3 rings (SSSR count). The van der Waals surface area contributed by atoms with Gasteiger partial charge in [-0.2, -0.15) is 0 Å². The molecule has 1 N–H and O–H groups in total. The van der Waals surface area contributed by atoms with Crippen molar-refractivity contribution in [2.24, 2.45) is 4.99 Å². The van der Waals surface area contributed by atoms with Crippen molar-refractivity contribution in [2.45, 2.75) is 31.3 Å². The molecule has 0 bridgehead atoms. The largest absolute Gasteiger partial charge is 0.350 e. The smallest absolute Gasteiger partial charge is 0.226 e. The Labute approximate surface area is 150 Å². The van der Waals surface area contributed by atoms with Gasteiger partial charge in [0.1, 0.15) is 5.82 Å². The number of nitrogens with one attached hydrogen (secondary N) is 1. The number of halogens is 3. The fourth-order valence-electron chi connectivity index (χ4n) is 2.23. The van der Waals surface area contributed by atoms with Crippen LogP contribution in [0.3, 0.4) is 0 Å². The van der Waals surface area contributed by atoms with Gasteiger partial charge in [0.15, 0.2) is 5.17 Å². The van der Waals surface area contributed by atoms with Crippen LogP contribution >= 0.6 is 35.8 Å². The van der Waals surface area contributed by atoms with Crippen molar-refractivity contribution >= 4 is 52.5 Å². The molecule has 2 fully saturated rings. The van der Waals surface area contributed by atoms with Crippen molar-refractivity contribution in [3.05, 3.63) is 29.0 Å². The molecule has 1 saturated carbocycles. The van der Waals surface area contributed by atoms with E-state index in [1.54, 1.807) is 11.8 Å². The first-order valence-corrected chi connectivity index (χ1v) is 8.57. The number of anilines is 1. The Hall–Kier alpha value is -0.980. The van der Waals surface area contributed by atoms with E-state index in [9.17, 15) is 9.18 Å². The predicted molar refractivity (Wildman–Crippen MR) is 96.4 cm³/mol. The molecule has 126 valence electrons. The van der Waals surface area contributed by atoms with Crippen molar-refractivity contribution in [3.8, 4) is 0 Å². The van der Waals surface area contributed by atoms with E-state index in [1.807, 2.05) is 7.05 Å². The second kappa shape index (κ2) is 7.73. The second-order valence-electron chi connectivity index (χ2n) is 5.60. The predicted octanol–water partition coefficient (Wildman–Crippen LogP) is 3.80. The average molecular weight is 378 g/mol. The fraction of sp³-hybridized carbons (Fsp3) is 0.467. The summed E-state index contributed by atoms with van der Waals surface area (Å²) in [5.41, 5.74) is 0.123. The van der Waals surface area contributed by atoms with Gasteiger partial charge in [-0.1, -0.05) is 23.4 Å². The van der Waals surface area contributed by atoms with Crippen molar-refractivity contribution in [2.75, 3.05) is 18.1 Å². The van der Waals surface area contributed by atoms with Gasteiger partial charge in [0, 0.05) is 30.3 Å². The molecular weight excluding hydrogens is 360 g/mol. The Balaban J connectivity index is 0.00000192. The van der Waals surface area contributed by atoms with E-state index in [0.717, 1.165) is 23.8 Å². The maximum absolute atomic E-state index is 13.6. The van der Waals surface area contributed by atoms with Crippen molar-refractivity contribution in [1.29, 1.82) is 0 Å². The van der Waals surface area contributed by atoms with Gasteiger partial charge in [-0.3, -0.25) is 9.79 Å². The fourth-order valence-corrected chi connectivity index (χ4v) is 3.66. The lowest BCUT2D eigenvalue weighted by Gasteiger charge is -2.20. The van der Waals surface area contributed by atoms with Crippen molar-refractivity contribution < 1.29 is 9.18 Å². The number of aliphatic imine (C=N–C) groups is 1. The minimum atomic E-state index is -0.483. The first-order valence-electron chi connectivity index (χ1n) is 7.21. The number of amidine groups is 1. The molecule has 2 aliphatic rings. The number of hydrogen-bond acceptors (Lipinski definition) is 3. The summed E-state index contributed by atoms with van der Waals surface area (Å²) in [6.07, 6.45) is 2.63. The van der Waals surface area contributed by atoms with Crippen LogP contribution in [0.1, 0.15) is 19.3 Å². The average Bonchev–Trinajstić information content (AvgIpc) is 3.23. The van der Waals surface area contributed by atoms with Gasteiger partial charge >= 0.3 is 0 Å². The number of carbonyl (C=O) groups is 1. The van der Waals surface area contributed by atoms with Crippen LogP contribution in [-0.4, -0.2) is 40.9 Å². The van der Waals surface area contributed by atoms with Crippen LogP contribution in [-0.2, 0) is 4.79 Å². The van der Waals surface area contributed by atoms with Crippen LogP contribution < -0.4 is 5.32 Å². The normalized spacial score (nSPS) is 22.1. The highest BCUT2D eigenvalue weighted by molar-refractivity contribution is 8.14. The number of amides is 1. The summed E-state index contributed by atoms with van der Waals surface area (Å²) in [6.45, 7) is 0. The lowest BCUT2D eigenvalue weighted by Crippen LogP contribution is -2.33. The minimum Gasteiger partial charge on any atom is -0.350 e. The van der Waals surface area contributed by atoms with E-state index in [4.69, 9.17) is 11.6 Å². The molecule has 1 amide bonds. The zero-order valence-electron chi connectivity index (χ0n) is 12.6. The van der Waals surface area contributed by atoms with Gasteiger partial charge in [-0.25, -0.2) is 4.39 Å². The van der Waals surface area contributed by atoms with Gasteiger partial charge in [-0.05, 0) is 31.0 Å². The zero-order chi connectivity index (χ0) is 15.7. The molecule has 1 heterocycles.